The number of halogens is 1. The van der Waals surface area contributed by atoms with Crippen LogP contribution in [0.25, 0.3) is 22.0 Å². The molecular weight excluding hydrogens is 269 g/mol. The minimum absolute atomic E-state index is 0.262. The molecule has 21 heavy (non-hydrogen) atoms. The summed E-state index contributed by atoms with van der Waals surface area (Å²) in [6.07, 6.45) is 0. The third kappa shape index (κ3) is 2.40. The monoisotopic (exact) mass is 283 g/mol. The van der Waals surface area contributed by atoms with Crippen LogP contribution in [0.2, 0.25) is 0 Å². The molecule has 1 heterocycles. The molecule has 0 saturated heterocycles. The summed E-state index contributed by atoms with van der Waals surface area (Å²) < 4.78 is 23.7. The Hall–Kier alpha value is -2.62. The number of methoxy groups -OCH3 is 2. The predicted octanol–water partition coefficient (Wildman–Crippen LogP) is 4.06. The van der Waals surface area contributed by atoms with Gasteiger partial charge in [0.05, 0.1) is 19.7 Å². The number of nitrogens with zero attached hydrogens (tertiary/aromatic N) is 1. The molecule has 0 radical (unpaired) electrons. The molecule has 1 aromatic heterocycles. The van der Waals surface area contributed by atoms with E-state index in [0.29, 0.717) is 11.6 Å². The second-order valence-electron chi connectivity index (χ2n) is 4.58. The van der Waals surface area contributed by atoms with Gasteiger partial charge in [-0.25, -0.2) is 9.37 Å². The maximum Gasteiger partial charge on any atom is 0.217 e. The van der Waals surface area contributed by atoms with Gasteiger partial charge in [-0.15, -0.1) is 0 Å². The van der Waals surface area contributed by atoms with Crippen molar-refractivity contribution in [2.24, 2.45) is 0 Å². The zero-order chi connectivity index (χ0) is 14.8. The normalized spacial score (nSPS) is 10.6. The molecule has 0 spiro atoms. The summed E-state index contributed by atoms with van der Waals surface area (Å²) in [5, 5.41) is 0.889. The molecule has 0 fully saturated rings. The molecule has 0 atom stereocenters. The van der Waals surface area contributed by atoms with E-state index in [9.17, 15) is 4.39 Å². The van der Waals surface area contributed by atoms with Crippen LogP contribution in [0.1, 0.15) is 0 Å². The lowest BCUT2D eigenvalue weighted by Gasteiger charge is -2.11. The van der Waals surface area contributed by atoms with Gasteiger partial charge in [0.2, 0.25) is 5.88 Å². The van der Waals surface area contributed by atoms with Gasteiger partial charge in [-0.2, -0.15) is 0 Å². The van der Waals surface area contributed by atoms with Crippen molar-refractivity contribution in [1.82, 2.24) is 4.98 Å². The van der Waals surface area contributed by atoms with Crippen molar-refractivity contribution in [3.05, 3.63) is 54.3 Å². The van der Waals surface area contributed by atoms with Crippen LogP contribution in [0, 0.1) is 5.82 Å². The number of pyridine rings is 1. The highest BCUT2D eigenvalue weighted by molar-refractivity contribution is 5.97. The Kier molecular flexibility index (Phi) is 3.44. The lowest BCUT2D eigenvalue weighted by atomic mass is 10.0. The Labute approximate surface area is 122 Å². The van der Waals surface area contributed by atoms with Gasteiger partial charge in [0, 0.05) is 17.0 Å². The lowest BCUT2D eigenvalue weighted by molar-refractivity contribution is 0.386. The average molecular weight is 283 g/mol. The number of para-hydroxylation sites is 1. The molecule has 0 aliphatic heterocycles. The fourth-order valence-corrected chi connectivity index (χ4v) is 2.33. The van der Waals surface area contributed by atoms with Crippen LogP contribution in [0.3, 0.4) is 0 Å². The van der Waals surface area contributed by atoms with Crippen LogP contribution in [-0.2, 0) is 0 Å². The number of rotatable bonds is 3. The fraction of sp³-hybridized carbons (Fsp3) is 0.118. The Balaban J connectivity index is 2.30. The number of aromatic nitrogens is 1. The first kappa shape index (κ1) is 13.4. The van der Waals surface area contributed by atoms with E-state index in [0.717, 1.165) is 22.0 Å². The number of hydrogen-bond acceptors (Lipinski definition) is 3. The van der Waals surface area contributed by atoms with Crippen molar-refractivity contribution < 1.29 is 13.9 Å². The Bertz CT molecular complexity index is 785. The van der Waals surface area contributed by atoms with Crippen molar-refractivity contribution in [2.45, 2.75) is 0 Å². The highest BCUT2D eigenvalue weighted by atomic mass is 19.1. The quantitative estimate of drug-likeness (QED) is 0.726. The van der Waals surface area contributed by atoms with Crippen LogP contribution in [0.4, 0.5) is 4.39 Å². The van der Waals surface area contributed by atoms with Gasteiger partial charge in [-0.05, 0) is 23.8 Å². The average Bonchev–Trinajstić information content (AvgIpc) is 2.54. The molecule has 0 bridgehead atoms. The number of hydrogen-bond donors (Lipinski definition) is 0. The van der Waals surface area contributed by atoms with E-state index in [1.807, 2.05) is 18.2 Å². The predicted molar refractivity (Wildman–Crippen MR) is 80.2 cm³/mol. The number of fused-ring (bicyclic) bond motifs is 1. The fourth-order valence-electron chi connectivity index (χ4n) is 2.33. The zero-order valence-electron chi connectivity index (χ0n) is 11.8. The summed E-state index contributed by atoms with van der Waals surface area (Å²) in [5.41, 5.74) is 2.56. The van der Waals surface area contributed by atoms with Gasteiger partial charge < -0.3 is 9.47 Å². The van der Waals surface area contributed by atoms with Crippen LogP contribution in [0.5, 0.6) is 11.6 Å². The summed E-state index contributed by atoms with van der Waals surface area (Å²) in [6.45, 7) is 0. The zero-order valence-corrected chi connectivity index (χ0v) is 11.8. The molecule has 0 aliphatic rings. The molecular formula is C17H14FNO2. The topological polar surface area (TPSA) is 31.4 Å². The van der Waals surface area contributed by atoms with E-state index in [-0.39, 0.29) is 5.82 Å². The Morgan fingerprint density at radius 1 is 0.952 bits per heavy atom. The molecule has 3 nitrogen and oxygen atoms in total. The summed E-state index contributed by atoms with van der Waals surface area (Å²) in [5.74, 6) is 0.914. The van der Waals surface area contributed by atoms with Crippen molar-refractivity contribution >= 4 is 10.9 Å². The Morgan fingerprint density at radius 2 is 1.71 bits per heavy atom. The number of ether oxygens (including phenoxy) is 2. The molecule has 3 aromatic rings. The minimum atomic E-state index is -0.262. The van der Waals surface area contributed by atoms with Gasteiger partial charge >= 0.3 is 0 Å². The summed E-state index contributed by atoms with van der Waals surface area (Å²) in [7, 11) is 3.17. The second kappa shape index (κ2) is 5.40. The lowest BCUT2D eigenvalue weighted by Crippen LogP contribution is -1.94. The second-order valence-corrected chi connectivity index (χ2v) is 4.58. The number of benzene rings is 2. The Morgan fingerprint density at radius 3 is 2.38 bits per heavy atom. The van der Waals surface area contributed by atoms with Gasteiger partial charge in [-0.1, -0.05) is 24.3 Å². The largest absolute Gasteiger partial charge is 0.496 e. The molecule has 0 unspecified atom stereocenters. The molecule has 0 saturated carbocycles. The smallest absolute Gasteiger partial charge is 0.217 e. The summed E-state index contributed by atoms with van der Waals surface area (Å²) >= 11 is 0. The first-order chi connectivity index (χ1) is 10.2. The molecule has 0 aliphatic carbocycles. The standard InChI is InChI=1S/C17H14FNO2/c1-20-15-10-16(21-2)19-17-13(4-3-5-14(15)17)11-6-8-12(18)9-7-11/h3-10H,1-2H3. The highest BCUT2D eigenvalue weighted by Crippen LogP contribution is 2.34. The van der Waals surface area contributed by atoms with Crippen LogP contribution < -0.4 is 9.47 Å². The van der Waals surface area contributed by atoms with Gasteiger partial charge in [0.25, 0.3) is 0 Å². The van der Waals surface area contributed by atoms with Crippen molar-refractivity contribution in [1.29, 1.82) is 0 Å². The molecule has 0 N–H and O–H groups in total. The van der Waals surface area contributed by atoms with E-state index in [4.69, 9.17) is 9.47 Å². The molecule has 3 rings (SSSR count). The summed E-state index contributed by atoms with van der Waals surface area (Å²) in [4.78, 5) is 4.51. The van der Waals surface area contributed by atoms with Crippen molar-refractivity contribution in [3.8, 4) is 22.8 Å². The third-order valence-corrected chi connectivity index (χ3v) is 3.36. The molecule has 106 valence electrons. The highest BCUT2D eigenvalue weighted by Gasteiger charge is 2.11. The van der Waals surface area contributed by atoms with Crippen LogP contribution in [0.15, 0.2) is 48.5 Å². The van der Waals surface area contributed by atoms with Crippen molar-refractivity contribution in [3.63, 3.8) is 0 Å². The molecule has 2 aromatic carbocycles. The van der Waals surface area contributed by atoms with E-state index >= 15 is 0 Å². The maximum absolute atomic E-state index is 13.1. The van der Waals surface area contributed by atoms with Crippen LogP contribution >= 0.6 is 0 Å². The maximum atomic E-state index is 13.1. The van der Waals surface area contributed by atoms with E-state index < -0.39 is 0 Å². The van der Waals surface area contributed by atoms with Gasteiger partial charge in [0.15, 0.2) is 0 Å². The first-order valence-corrected chi connectivity index (χ1v) is 6.50. The van der Waals surface area contributed by atoms with E-state index in [1.54, 1.807) is 32.4 Å². The molecule has 4 heteroatoms. The van der Waals surface area contributed by atoms with Gasteiger partial charge in [-0.3, -0.25) is 0 Å². The van der Waals surface area contributed by atoms with Gasteiger partial charge in [0.1, 0.15) is 11.6 Å². The van der Waals surface area contributed by atoms with E-state index in [1.165, 1.54) is 12.1 Å². The first-order valence-electron chi connectivity index (χ1n) is 6.50. The SMILES string of the molecule is COc1cc(OC)c2cccc(-c3ccc(F)cc3)c2n1. The van der Waals surface area contributed by atoms with Crippen LogP contribution in [-0.4, -0.2) is 19.2 Å². The summed E-state index contributed by atoms with van der Waals surface area (Å²) in [6, 6.07) is 13.9. The molecule has 0 amide bonds. The minimum Gasteiger partial charge on any atom is -0.496 e. The van der Waals surface area contributed by atoms with E-state index in [2.05, 4.69) is 4.98 Å². The third-order valence-electron chi connectivity index (χ3n) is 3.36. The van der Waals surface area contributed by atoms with Crippen molar-refractivity contribution in [2.75, 3.05) is 14.2 Å².